The zero-order valence-corrected chi connectivity index (χ0v) is 46.2. The molecule has 0 saturated carbocycles. The molecule has 6 heteroatoms. The van der Waals surface area contributed by atoms with Crippen molar-refractivity contribution in [1.82, 2.24) is 14.1 Å². The Labute approximate surface area is 448 Å². The van der Waals surface area contributed by atoms with Gasteiger partial charge in [-0.2, -0.15) is 0 Å². The van der Waals surface area contributed by atoms with Crippen molar-refractivity contribution in [3.63, 3.8) is 0 Å². The smallest absolute Gasteiger partial charge is 0.137 e. The van der Waals surface area contributed by atoms with Crippen LogP contribution in [-0.2, 0) is 21.7 Å². The largest absolute Gasteiger partial charge is 0.457 e. The first kappa shape index (κ1) is 48.8. The average molecular weight is 996 g/mol. The number of hydrogen-bond acceptors (Lipinski definition) is 4. The average Bonchev–Trinajstić information content (AvgIpc) is 4.07. The Hall–Kier alpha value is -8.09. The van der Waals surface area contributed by atoms with E-state index >= 15 is 0 Å². The van der Waals surface area contributed by atoms with Crippen LogP contribution in [0.25, 0.3) is 66.2 Å². The molecule has 0 fully saturated rings. The summed E-state index contributed by atoms with van der Waals surface area (Å²) in [4.78, 5) is 9.98. The van der Waals surface area contributed by atoms with Gasteiger partial charge in [-0.1, -0.05) is 162 Å². The summed E-state index contributed by atoms with van der Waals surface area (Å²) >= 11 is 0. The molecule has 0 saturated heterocycles. The first-order valence-corrected chi connectivity index (χ1v) is 27.0. The van der Waals surface area contributed by atoms with Gasteiger partial charge in [-0.3, -0.25) is 4.57 Å². The zero-order valence-electron chi connectivity index (χ0n) is 46.2. The Balaban J connectivity index is 0.980. The van der Waals surface area contributed by atoms with Crippen LogP contribution in [0.2, 0.25) is 0 Å². The number of benzene rings is 8. The number of pyridine rings is 1. The lowest BCUT2D eigenvalue weighted by Gasteiger charge is -2.30. The Kier molecular flexibility index (Phi) is 11.4. The highest BCUT2D eigenvalue weighted by Crippen LogP contribution is 2.51. The fraction of sp³-hybridized carbons (Fsp3) is 0.243. The third kappa shape index (κ3) is 8.58. The van der Waals surface area contributed by atoms with Crippen LogP contribution in [-0.4, -0.2) is 20.8 Å². The van der Waals surface area contributed by atoms with Crippen molar-refractivity contribution >= 4 is 66.4 Å². The van der Waals surface area contributed by atoms with Crippen molar-refractivity contribution in [3.8, 4) is 34.1 Å². The summed E-state index contributed by atoms with van der Waals surface area (Å²) in [6.45, 7) is 28.1. The third-order valence-electron chi connectivity index (χ3n) is 15.6. The Morgan fingerprint density at radius 2 is 0.974 bits per heavy atom. The van der Waals surface area contributed by atoms with E-state index in [1.165, 1.54) is 71.8 Å². The monoisotopic (exact) mass is 996 g/mol. The summed E-state index contributed by atoms with van der Waals surface area (Å²) < 4.78 is 11.7. The van der Waals surface area contributed by atoms with E-state index in [-0.39, 0.29) is 21.7 Å². The van der Waals surface area contributed by atoms with Crippen molar-refractivity contribution < 1.29 is 4.74 Å². The zero-order chi connectivity index (χ0) is 53.1. The quantitative estimate of drug-likeness (QED) is 0.159. The molecule has 0 aliphatic carbocycles. The molecule has 1 aliphatic heterocycles. The van der Waals surface area contributed by atoms with Crippen molar-refractivity contribution in [3.05, 3.63) is 210 Å². The minimum absolute atomic E-state index is 0.000842. The normalized spacial score (nSPS) is 13.4. The van der Waals surface area contributed by atoms with Crippen LogP contribution in [0.5, 0.6) is 11.5 Å². The highest BCUT2D eigenvalue weighted by molar-refractivity contribution is 6.11. The van der Waals surface area contributed by atoms with Gasteiger partial charge in [0.05, 0.1) is 33.4 Å². The van der Waals surface area contributed by atoms with E-state index in [9.17, 15) is 0 Å². The highest BCUT2D eigenvalue weighted by atomic mass is 16.5. The molecule has 12 rings (SSSR count). The lowest BCUT2D eigenvalue weighted by atomic mass is 9.80. The minimum atomic E-state index is -0.0558. The molecule has 4 heterocycles. The first-order chi connectivity index (χ1) is 36.2. The van der Waals surface area contributed by atoms with Crippen LogP contribution in [0.4, 0.5) is 22.7 Å². The van der Waals surface area contributed by atoms with Crippen LogP contribution < -0.4 is 14.5 Å². The highest BCUT2D eigenvalue weighted by Gasteiger charge is 2.33. The number of fused-ring (bicyclic) bond motifs is 7. The van der Waals surface area contributed by atoms with Gasteiger partial charge in [0.15, 0.2) is 0 Å². The van der Waals surface area contributed by atoms with Gasteiger partial charge in [-0.15, -0.1) is 0 Å². The molecule has 0 atom stereocenters. The summed E-state index contributed by atoms with van der Waals surface area (Å²) in [6, 6.07) is 67.0. The van der Waals surface area contributed by atoms with E-state index in [1.807, 2.05) is 6.20 Å². The predicted molar refractivity (Wildman–Crippen MR) is 322 cm³/mol. The number of para-hydroxylation sites is 3. The van der Waals surface area contributed by atoms with Gasteiger partial charge in [0, 0.05) is 62.5 Å². The van der Waals surface area contributed by atoms with E-state index < -0.39 is 0 Å². The van der Waals surface area contributed by atoms with Crippen LogP contribution in [0.15, 0.2) is 188 Å². The summed E-state index contributed by atoms with van der Waals surface area (Å²) in [6.07, 6.45) is 1.94. The lowest BCUT2D eigenvalue weighted by molar-refractivity contribution is 0.483. The molecule has 76 heavy (non-hydrogen) atoms. The molecule has 1 aliphatic rings. The van der Waals surface area contributed by atoms with Crippen LogP contribution in [0.3, 0.4) is 0 Å². The number of nitrogens with zero attached hydrogens (tertiary/aromatic N) is 5. The topological polar surface area (TPSA) is 38.5 Å². The second-order valence-electron chi connectivity index (χ2n) is 25.1. The van der Waals surface area contributed by atoms with Gasteiger partial charge in [0.25, 0.3) is 0 Å². The summed E-state index contributed by atoms with van der Waals surface area (Å²) in [7, 11) is 0. The first-order valence-electron chi connectivity index (χ1n) is 27.0. The number of rotatable bonds is 7. The Morgan fingerprint density at radius 3 is 1.66 bits per heavy atom. The molecule has 0 amide bonds. The van der Waals surface area contributed by atoms with Crippen molar-refractivity contribution in [2.45, 2.75) is 105 Å². The van der Waals surface area contributed by atoms with Gasteiger partial charge in [0.2, 0.25) is 0 Å². The second kappa shape index (κ2) is 17.8. The van der Waals surface area contributed by atoms with Crippen LogP contribution >= 0.6 is 0 Å². The standard InChI is InChI=1S/C70H69N5O/c1-67(2,3)46-30-33-62-59(40-46)58-32-31-54(43-64(58)75(62)65-41-47(34-35-71-65)68(4,5)6)76-53-23-18-21-50(42-53)72-44-73(52-38-48(69(7,8)9)37-49(39-52)70(10,11)12)66-55(26-19-29-63(66)72)45-20-17-22-51(36-45)74-60-27-15-13-24-56(60)57-25-14-16-28-61(57)74/h13-43H,44H2,1-12H3. The van der Waals surface area contributed by atoms with Crippen LogP contribution in [0, 0.1) is 0 Å². The van der Waals surface area contributed by atoms with Crippen molar-refractivity contribution in [1.29, 1.82) is 0 Å². The molecule has 0 spiro atoms. The number of ether oxygens (including phenoxy) is 1. The number of hydrogen-bond donors (Lipinski definition) is 0. The van der Waals surface area contributed by atoms with Crippen LogP contribution in [0.1, 0.15) is 105 Å². The molecule has 3 aromatic heterocycles. The number of aromatic nitrogens is 3. The molecule has 0 unspecified atom stereocenters. The van der Waals surface area contributed by atoms with Gasteiger partial charge in [-0.05, 0) is 140 Å². The van der Waals surface area contributed by atoms with Gasteiger partial charge in [0.1, 0.15) is 24.0 Å². The summed E-state index contributed by atoms with van der Waals surface area (Å²) in [5, 5.41) is 4.88. The molecule has 6 nitrogen and oxygen atoms in total. The second-order valence-corrected chi connectivity index (χ2v) is 25.1. The maximum Gasteiger partial charge on any atom is 0.137 e. The Morgan fingerprint density at radius 1 is 0.382 bits per heavy atom. The molecule has 0 radical (unpaired) electrons. The number of anilines is 4. The molecule has 380 valence electrons. The predicted octanol–water partition coefficient (Wildman–Crippen LogP) is 19.2. The lowest BCUT2D eigenvalue weighted by Crippen LogP contribution is -2.25. The van der Waals surface area contributed by atoms with E-state index in [0.717, 1.165) is 51.0 Å². The minimum Gasteiger partial charge on any atom is -0.457 e. The fourth-order valence-corrected chi connectivity index (χ4v) is 11.3. The molecule has 11 aromatic rings. The van der Waals surface area contributed by atoms with E-state index in [2.05, 4.69) is 284 Å². The molecular formula is C70H69N5O. The van der Waals surface area contributed by atoms with E-state index in [4.69, 9.17) is 9.72 Å². The summed E-state index contributed by atoms with van der Waals surface area (Å²) in [5.74, 6) is 2.43. The van der Waals surface area contributed by atoms with E-state index in [0.29, 0.717) is 6.67 Å². The third-order valence-corrected chi connectivity index (χ3v) is 15.6. The molecule has 0 N–H and O–H groups in total. The maximum atomic E-state index is 6.96. The van der Waals surface area contributed by atoms with Gasteiger partial charge < -0.3 is 19.1 Å². The van der Waals surface area contributed by atoms with Crippen molar-refractivity contribution in [2.75, 3.05) is 16.5 Å². The maximum absolute atomic E-state index is 6.96. The van der Waals surface area contributed by atoms with Crippen molar-refractivity contribution in [2.24, 2.45) is 0 Å². The van der Waals surface area contributed by atoms with Gasteiger partial charge >= 0.3 is 0 Å². The SMILES string of the molecule is CC(C)(C)c1cc(N2CN(c3cccc(Oc4ccc5c6cc(C(C)(C)C)ccc6n(-c6cc(C(C)(C)C)ccn6)c5c4)c3)c3cccc(-c4cccc(-n5c6ccccc6c6ccccc65)c4)c32)cc(C(C)(C)C)c1. The molecular weight excluding hydrogens is 927 g/mol. The molecule has 8 aromatic carbocycles. The Bertz CT molecular complexity index is 3980. The van der Waals surface area contributed by atoms with E-state index in [1.54, 1.807) is 0 Å². The molecule has 0 bridgehead atoms. The van der Waals surface area contributed by atoms with Gasteiger partial charge in [-0.25, -0.2) is 4.98 Å². The summed E-state index contributed by atoms with van der Waals surface area (Å²) in [5.41, 5.74) is 17.6. The fourth-order valence-electron chi connectivity index (χ4n) is 11.3.